The first kappa shape index (κ1) is 27.2. The Labute approximate surface area is 238 Å². The quantitative estimate of drug-likeness (QED) is 0.195. The number of halogens is 3. The molecular formula is C27H22Br3N3O4. The standard InChI is InChI=1S/C27H22Br3N3O4/c1-3-15(2)25-32-23-9-8-19(28)12-20(23)26(34)33(25)31-13-17-10-21(29)24(22(30)11-17)37-14-16-4-6-18(7-5-16)27(35)36/h4-13,15H,3,14H2,1-2H3,(H,35,36)/t15-/m1/s1. The number of aromatic nitrogens is 2. The molecule has 0 amide bonds. The molecule has 1 N–H and O–H groups in total. The monoisotopic (exact) mass is 689 g/mol. The van der Waals surface area contributed by atoms with Crippen molar-refractivity contribution >= 4 is 70.9 Å². The molecule has 37 heavy (non-hydrogen) atoms. The average Bonchev–Trinajstić information content (AvgIpc) is 2.87. The molecule has 0 aliphatic rings. The number of fused-ring (bicyclic) bond motifs is 1. The summed E-state index contributed by atoms with van der Waals surface area (Å²) in [5, 5.41) is 14.1. The summed E-state index contributed by atoms with van der Waals surface area (Å²) in [4.78, 5) is 29.1. The number of hydrogen-bond acceptors (Lipinski definition) is 5. The molecular weight excluding hydrogens is 670 g/mol. The second kappa shape index (κ2) is 11.7. The fraction of sp³-hybridized carbons (Fsp3) is 0.185. The highest BCUT2D eigenvalue weighted by atomic mass is 79.9. The summed E-state index contributed by atoms with van der Waals surface area (Å²) in [6.45, 7) is 4.33. The lowest BCUT2D eigenvalue weighted by Gasteiger charge is -2.14. The Morgan fingerprint density at radius 2 is 1.78 bits per heavy atom. The zero-order valence-electron chi connectivity index (χ0n) is 19.9. The van der Waals surface area contributed by atoms with Gasteiger partial charge >= 0.3 is 5.97 Å². The van der Waals surface area contributed by atoms with Gasteiger partial charge in [0, 0.05) is 10.4 Å². The number of carbonyl (C=O) groups is 1. The van der Waals surface area contributed by atoms with Crippen molar-refractivity contribution in [3.8, 4) is 5.75 Å². The predicted molar refractivity (Wildman–Crippen MR) is 155 cm³/mol. The van der Waals surface area contributed by atoms with Crippen LogP contribution in [0.15, 0.2) is 77.9 Å². The van der Waals surface area contributed by atoms with Gasteiger partial charge in [0.05, 0.1) is 31.6 Å². The highest BCUT2D eigenvalue weighted by Gasteiger charge is 2.16. The van der Waals surface area contributed by atoms with Crippen LogP contribution in [0.1, 0.15) is 53.5 Å². The van der Waals surface area contributed by atoms with E-state index < -0.39 is 5.97 Å². The molecule has 7 nitrogen and oxygen atoms in total. The third kappa shape index (κ3) is 6.19. The Morgan fingerprint density at radius 1 is 1.11 bits per heavy atom. The molecule has 190 valence electrons. The fourth-order valence-electron chi connectivity index (χ4n) is 3.59. The lowest BCUT2D eigenvalue weighted by atomic mass is 10.1. The maximum Gasteiger partial charge on any atom is 0.335 e. The first-order valence-corrected chi connectivity index (χ1v) is 13.8. The van der Waals surface area contributed by atoms with Gasteiger partial charge in [-0.3, -0.25) is 4.79 Å². The van der Waals surface area contributed by atoms with E-state index in [-0.39, 0.29) is 23.6 Å². The molecule has 3 aromatic carbocycles. The van der Waals surface area contributed by atoms with E-state index in [1.165, 1.54) is 4.68 Å². The van der Waals surface area contributed by atoms with Crippen LogP contribution in [0.5, 0.6) is 5.75 Å². The first-order valence-electron chi connectivity index (χ1n) is 11.4. The highest BCUT2D eigenvalue weighted by Crippen LogP contribution is 2.35. The fourth-order valence-corrected chi connectivity index (χ4v) is 5.41. The largest absolute Gasteiger partial charge is 0.487 e. The molecule has 0 saturated carbocycles. The minimum absolute atomic E-state index is 0.0386. The molecule has 1 atom stereocenters. The Balaban J connectivity index is 1.62. The van der Waals surface area contributed by atoms with Crippen LogP contribution in [0.4, 0.5) is 0 Å². The van der Waals surface area contributed by atoms with Crippen LogP contribution in [0.25, 0.3) is 10.9 Å². The van der Waals surface area contributed by atoms with E-state index in [1.54, 1.807) is 36.5 Å². The van der Waals surface area contributed by atoms with Crippen molar-refractivity contribution in [1.82, 2.24) is 9.66 Å². The molecule has 0 bridgehead atoms. The SMILES string of the molecule is CC[C@@H](C)c1nc2ccc(Br)cc2c(=O)n1N=Cc1cc(Br)c(OCc2ccc(C(=O)O)cc2)c(Br)c1. The molecule has 1 aromatic heterocycles. The summed E-state index contributed by atoms with van der Waals surface area (Å²) < 4.78 is 9.52. The Hall–Kier alpha value is -2.82. The smallest absolute Gasteiger partial charge is 0.335 e. The summed E-state index contributed by atoms with van der Waals surface area (Å²) in [6, 6.07) is 15.7. The molecule has 0 spiro atoms. The van der Waals surface area contributed by atoms with Crippen LogP contribution in [-0.2, 0) is 6.61 Å². The number of rotatable bonds is 8. The molecule has 1 heterocycles. The van der Waals surface area contributed by atoms with E-state index in [0.717, 1.165) is 22.0 Å². The molecule has 10 heteroatoms. The zero-order valence-corrected chi connectivity index (χ0v) is 24.7. The van der Waals surface area contributed by atoms with Gasteiger partial charge in [-0.25, -0.2) is 9.78 Å². The Morgan fingerprint density at radius 3 is 2.41 bits per heavy atom. The van der Waals surface area contributed by atoms with Gasteiger partial charge in [-0.2, -0.15) is 9.78 Å². The van der Waals surface area contributed by atoms with Gasteiger partial charge in [-0.15, -0.1) is 0 Å². The second-order valence-corrected chi connectivity index (χ2v) is 11.0. The molecule has 0 aliphatic carbocycles. The van der Waals surface area contributed by atoms with Crippen LogP contribution < -0.4 is 10.3 Å². The normalized spacial score (nSPS) is 12.2. The zero-order chi connectivity index (χ0) is 26.7. The van der Waals surface area contributed by atoms with Crippen LogP contribution in [0, 0.1) is 0 Å². The van der Waals surface area contributed by atoms with Gasteiger partial charge < -0.3 is 9.84 Å². The van der Waals surface area contributed by atoms with Gasteiger partial charge in [0.1, 0.15) is 18.2 Å². The number of benzene rings is 3. The van der Waals surface area contributed by atoms with Gasteiger partial charge in [0.2, 0.25) is 0 Å². The Kier molecular flexibility index (Phi) is 8.61. The number of carboxylic acid groups (broad SMARTS) is 1. The third-order valence-electron chi connectivity index (χ3n) is 5.81. The third-order valence-corrected chi connectivity index (χ3v) is 7.48. The Bertz CT molecular complexity index is 1540. The average molecular weight is 692 g/mol. The minimum Gasteiger partial charge on any atom is -0.487 e. The predicted octanol–water partition coefficient (Wildman–Crippen LogP) is 7.36. The van der Waals surface area contributed by atoms with Crippen molar-refractivity contribution in [3.05, 3.63) is 101 Å². The lowest BCUT2D eigenvalue weighted by molar-refractivity contribution is 0.0697. The van der Waals surface area contributed by atoms with Gasteiger partial charge in [0.15, 0.2) is 0 Å². The molecule has 0 saturated heterocycles. The van der Waals surface area contributed by atoms with Crippen LogP contribution >= 0.6 is 47.8 Å². The van der Waals surface area contributed by atoms with E-state index in [4.69, 9.17) is 14.8 Å². The second-order valence-electron chi connectivity index (χ2n) is 8.41. The van der Waals surface area contributed by atoms with E-state index in [2.05, 4.69) is 52.9 Å². The van der Waals surface area contributed by atoms with Crippen molar-refractivity contribution in [2.24, 2.45) is 5.10 Å². The summed E-state index contributed by atoms with van der Waals surface area (Å²) in [6.07, 6.45) is 2.43. The first-order chi connectivity index (χ1) is 17.7. The summed E-state index contributed by atoms with van der Waals surface area (Å²) >= 11 is 10.5. The van der Waals surface area contributed by atoms with E-state index >= 15 is 0 Å². The molecule has 0 unspecified atom stereocenters. The van der Waals surface area contributed by atoms with Crippen LogP contribution in [0.2, 0.25) is 0 Å². The van der Waals surface area contributed by atoms with E-state index in [9.17, 15) is 9.59 Å². The summed E-state index contributed by atoms with van der Waals surface area (Å²) in [5.74, 6) is 0.262. The van der Waals surface area contributed by atoms with Crippen LogP contribution in [0.3, 0.4) is 0 Å². The maximum absolute atomic E-state index is 13.3. The molecule has 0 fully saturated rings. The number of nitrogens with zero attached hydrogens (tertiary/aromatic N) is 3. The lowest BCUT2D eigenvalue weighted by Crippen LogP contribution is -2.23. The summed E-state index contributed by atoms with van der Waals surface area (Å²) in [7, 11) is 0. The molecule has 4 rings (SSSR count). The maximum atomic E-state index is 13.3. The summed E-state index contributed by atoms with van der Waals surface area (Å²) in [5.41, 5.74) is 2.21. The van der Waals surface area contributed by atoms with Crippen molar-refractivity contribution in [2.75, 3.05) is 0 Å². The molecule has 0 aliphatic heterocycles. The van der Waals surface area contributed by atoms with E-state index in [0.29, 0.717) is 31.4 Å². The number of hydrogen-bond donors (Lipinski definition) is 1. The van der Waals surface area contributed by atoms with Crippen molar-refractivity contribution in [1.29, 1.82) is 0 Å². The van der Waals surface area contributed by atoms with Gasteiger partial charge in [-0.1, -0.05) is 41.9 Å². The van der Waals surface area contributed by atoms with Crippen molar-refractivity contribution in [3.63, 3.8) is 0 Å². The van der Waals surface area contributed by atoms with E-state index in [1.807, 2.05) is 38.1 Å². The minimum atomic E-state index is -0.971. The van der Waals surface area contributed by atoms with Crippen molar-refractivity contribution < 1.29 is 14.6 Å². The molecule has 0 radical (unpaired) electrons. The number of aromatic carboxylic acids is 1. The van der Waals surface area contributed by atoms with Crippen LogP contribution in [-0.4, -0.2) is 27.0 Å². The van der Waals surface area contributed by atoms with Crippen molar-refractivity contribution in [2.45, 2.75) is 32.8 Å². The number of carboxylic acids is 1. The molecule has 4 aromatic rings. The topological polar surface area (TPSA) is 93.8 Å². The highest BCUT2D eigenvalue weighted by molar-refractivity contribution is 9.11. The van der Waals surface area contributed by atoms with Gasteiger partial charge in [0.25, 0.3) is 5.56 Å². The van der Waals surface area contributed by atoms with Gasteiger partial charge in [-0.05, 0) is 91.9 Å². The number of ether oxygens (including phenoxy) is 1.